The van der Waals surface area contributed by atoms with Gasteiger partial charge in [-0.1, -0.05) is 13.8 Å². The fraction of sp³-hybridized carbons (Fsp3) is 0.846. The lowest BCUT2D eigenvalue weighted by Gasteiger charge is -2.22. The van der Waals surface area contributed by atoms with Gasteiger partial charge in [-0.2, -0.15) is 0 Å². The highest BCUT2D eigenvalue weighted by Crippen LogP contribution is 2.58. The van der Waals surface area contributed by atoms with E-state index in [1.165, 1.54) is 0 Å². The standard InChI is InChI=1S/C11H24O5P2.2CH2O/c1-3-9-15-18(14,16-10-4-2)11(17-13)7-5-6-8-12;2*1-2/h11-12H,3-10H2,1-2H3;2*1H2. The van der Waals surface area contributed by atoms with Crippen molar-refractivity contribution >= 4 is 29.6 Å². The lowest BCUT2D eigenvalue weighted by Crippen LogP contribution is -2.09. The van der Waals surface area contributed by atoms with E-state index in [0.29, 0.717) is 32.5 Å². The van der Waals surface area contributed by atoms with Gasteiger partial charge in [-0.3, -0.25) is 9.13 Å². The van der Waals surface area contributed by atoms with Crippen LogP contribution in [0.25, 0.3) is 0 Å². The van der Waals surface area contributed by atoms with Crippen molar-refractivity contribution in [3.63, 3.8) is 0 Å². The topological polar surface area (TPSA) is 107 Å². The van der Waals surface area contributed by atoms with E-state index < -0.39 is 13.0 Å². The maximum atomic E-state index is 12.5. The molecule has 22 heavy (non-hydrogen) atoms. The molecule has 1 unspecified atom stereocenters. The largest absolute Gasteiger partial charge is 0.396 e. The number of carbonyl (C=O) groups is 2. The van der Waals surface area contributed by atoms with Crippen LogP contribution < -0.4 is 0 Å². The third kappa shape index (κ3) is 13.2. The Morgan fingerprint density at radius 2 is 1.50 bits per heavy atom. The van der Waals surface area contributed by atoms with Gasteiger partial charge in [0.15, 0.2) is 8.46 Å². The zero-order valence-corrected chi connectivity index (χ0v) is 15.2. The molecule has 0 rings (SSSR count). The van der Waals surface area contributed by atoms with E-state index in [4.69, 9.17) is 23.7 Å². The summed E-state index contributed by atoms with van der Waals surface area (Å²) in [6, 6.07) is 0. The molecule has 0 aliphatic heterocycles. The maximum Gasteiger partial charge on any atom is 0.345 e. The van der Waals surface area contributed by atoms with Crippen LogP contribution in [-0.4, -0.2) is 43.9 Å². The zero-order valence-electron chi connectivity index (χ0n) is 13.4. The SMILES string of the molecule is C=O.C=O.CCCOP(=O)(OCCC)C(CCCCO)P=O. The van der Waals surface area contributed by atoms with E-state index in [1.54, 1.807) is 0 Å². The van der Waals surface area contributed by atoms with Crippen molar-refractivity contribution in [1.29, 1.82) is 0 Å². The molecule has 0 fully saturated rings. The van der Waals surface area contributed by atoms with Crippen LogP contribution in [0.3, 0.4) is 0 Å². The molecule has 9 heteroatoms. The number of unbranched alkanes of at least 4 members (excludes halogenated alkanes) is 1. The van der Waals surface area contributed by atoms with E-state index in [-0.39, 0.29) is 15.1 Å². The van der Waals surface area contributed by atoms with Gasteiger partial charge in [0.05, 0.1) is 13.2 Å². The number of carbonyl (C=O) groups excluding carboxylic acids is 2. The van der Waals surface area contributed by atoms with Crippen LogP contribution in [-0.2, 0) is 27.8 Å². The van der Waals surface area contributed by atoms with E-state index in [1.807, 2.05) is 27.4 Å². The van der Waals surface area contributed by atoms with Crippen molar-refractivity contribution in [2.24, 2.45) is 0 Å². The van der Waals surface area contributed by atoms with Crippen LogP contribution in [0.1, 0.15) is 46.0 Å². The molecule has 0 spiro atoms. The minimum absolute atomic E-state index is 0.0817. The molecule has 0 bridgehead atoms. The lowest BCUT2D eigenvalue weighted by molar-refractivity contribution is -0.0987. The fourth-order valence-electron chi connectivity index (χ4n) is 1.35. The maximum absolute atomic E-state index is 12.5. The number of hydrogen-bond donors (Lipinski definition) is 1. The summed E-state index contributed by atoms with van der Waals surface area (Å²) in [5, 5.41) is 8.10. The Bertz CT molecular complexity index is 276. The van der Waals surface area contributed by atoms with Gasteiger partial charge in [-0.05, 0) is 32.1 Å². The summed E-state index contributed by atoms with van der Waals surface area (Å²) in [4.78, 5) is 16.0. The zero-order chi connectivity index (χ0) is 17.9. The molecule has 1 N–H and O–H groups in total. The van der Waals surface area contributed by atoms with Gasteiger partial charge in [0, 0.05) is 6.61 Å². The molecule has 0 amide bonds. The average Bonchev–Trinajstić information content (AvgIpc) is 2.58. The Hall–Kier alpha value is -0.450. The summed E-state index contributed by atoms with van der Waals surface area (Å²) in [7, 11) is -3.52. The van der Waals surface area contributed by atoms with Crippen LogP contribution in [0.15, 0.2) is 0 Å². The molecule has 7 nitrogen and oxygen atoms in total. The minimum atomic E-state index is -3.31. The van der Waals surface area contributed by atoms with E-state index >= 15 is 0 Å². The summed E-state index contributed by atoms with van der Waals surface area (Å²) in [5.74, 6) is 0. The van der Waals surface area contributed by atoms with Gasteiger partial charge < -0.3 is 23.7 Å². The van der Waals surface area contributed by atoms with Crippen molar-refractivity contribution in [1.82, 2.24) is 0 Å². The molecule has 0 radical (unpaired) electrons. The average molecular weight is 358 g/mol. The normalized spacial score (nSPS) is 11.8. The Morgan fingerprint density at radius 1 is 1.05 bits per heavy atom. The second kappa shape index (κ2) is 20.6. The Morgan fingerprint density at radius 3 is 1.82 bits per heavy atom. The van der Waals surface area contributed by atoms with Gasteiger partial charge in [0.1, 0.15) is 19.0 Å². The molecule has 132 valence electrons. The van der Waals surface area contributed by atoms with Crippen LogP contribution in [0, 0.1) is 0 Å². The van der Waals surface area contributed by atoms with Crippen molar-refractivity contribution in [2.45, 2.75) is 51.4 Å². The molecule has 0 aliphatic carbocycles. The molecule has 0 saturated carbocycles. The molecule has 0 aromatic carbocycles. The number of hydrogen-bond acceptors (Lipinski definition) is 7. The highest BCUT2D eigenvalue weighted by atomic mass is 31.2. The third-order valence-electron chi connectivity index (χ3n) is 2.31. The van der Waals surface area contributed by atoms with E-state index in [9.17, 15) is 9.13 Å². The molecule has 0 heterocycles. The monoisotopic (exact) mass is 358 g/mol. The summed E-state index contributed by atoms with van der Waals surface area (Å²) < 4.78 is 34.4. The first kappa shape index (κ1) is 26.4. The van der Waals surface area contributed by atoms with Crippen molar-refractivity contribution in [2.75, 3.05) is 19.8 Å². The summed E-state index contributed by atoms with van der Waals surface area (Å²) in [5.41, 5.74) is 0. The van der Waals surface area contributed by atoms with E-state index in [0.717, 1.165) is 12.8 Å². The second-order valence-electron chi connectivity index (χ2n) is 4.01. The molecule has 0 aliphatic rings. The van der Waals surface area contributed by atoms with Gasteiger partial charge in [-0.15, -0.1) is 0 Å². The van der Waals surface area contributed by atoms with Crippen LogP contribution in [0.5, 0.6) is 0 Å². The molecule has 0 saturated heterocycles. The fourth-order valence-corrected chi connectivity index (χ4v) is 4.30. The number of aliphatic hydroxyl groups excluding tert-OH is 1. The predicted octanol–water partition coefficient (Wildman–Crippen LogP) is 3.44. The number of aliphatic hydroxyl groups is 1. The van der Waals surface area contributed by atoms with Crippen LogP contribution in [0.2, 0.25) is 0 Å². The highest BCUT2D eigenvalue weighted by Gasteiger charge is 2.36. The van der Waals surface area contributed by atoms with Crippen molar-refractivity contribution < 1.29 is 32.9 Å². The second-order valence-corrected chi connectivity index (χ2v) is 7.47. The highest BCUT2D eigenvalue weighted by molar-refractivity contribution is 7.63. The van der Waals surface area contributed by atoms with Crippen molar-refractivity contribution in [3.8, 4) is 0 Å². The molecular formula is C13H28O7P2. The predicted molar refractivity (Wildman–Crippen MR) is 86.7 cm³/mol. The molecule has 0 aromatic rings. The first-order valence-electron chi connectivity index (χ1n) is 7.04. The quantitative estimate of drug-likeness (QED) is 0.420. The third-order valence-corrected chi connectivity index (χ3v) is 6.01. The first-order valence-corrected chi connectivity index (χ1v) is 9.53. The Kier molecular flexibility index (Phi) is 24.7. The molecule has 1 atom stereocenters. The summed E-state index contributed by atoms with van der Waals surface area (Å²) >= 11 is 0. The first-order chi connectivity index (χ1) is 10.6. The number of rotatable bonds is 12. The molecule has 0 aromatic heterocycles. The summed E-state index contributed by atoms with van der Waals surface area (Å²) in [6.07, 6.45) is 3.20. The van der Waals surface area contributed by atoms with E-state index in [2.05, 4.69) is 0 Å². The van der Waals surface area contributed by atoms with Gasteiger partial charge in [-0.25, -0.2) is 0 Å². The smallest absolute Gasteiger partial charge is 0.345 e. The van der Waals surface area contributed by atoms with Gasteiger partial charge >= 0.3 is 7.60 Å². The summed E-state index contributed by atoms with van der Waals surface area (Å²) in [6.45, 7) is 8.60. The Labute approximate surface area is 134 Å². The van der Waals surface area contributed by atoms with Crippen molar-refractivity contribution in [3.05, 3.63) is 0 Å². The van der Waals surface area contributed by atoms with Crippen LogP contribution >= 0.6 is 16.1 Å². The minimum Gasteiger partial charge on any atom is -0.396 e. The van der Waals surface area contributed by atoms with Gasteiger partial charge in [0.2, 0.25) is 0 Å². The van der Waals surface area contributed by atoms with Gasteiger partial charge in [0.25, 0.3) is 0 Å². The molecular weight excluding hydrogens is 330 g/mol. The van der Waals surface area contributed by atoms with Crippen LogP contribution in [0.4, 0.5) is 0 Å². The lowest BCUT2D eigenvalue weighted by atomic mass is 10.3. The Balaban J connectivity index is -0.000000826.